The van der Waals surface area contributed by atoms with Crippen molar-refractivity contribution in [3.8, 4) is 0 Å². The molecule has 1 fully saturated rings. The van der Waals surface area contributed by atoms with Crippen LogP contribution in [0.15, 0.2) is 0 Å². The van der Waals surface area contributed by atoms with Crippen LogP contribution in [-0.4, -0.2) is 33.8 Å². The Labute approximate surface area is 137 Å². The van der Waals surface area contributed by atoms with Gasteiger partial charge in [0.1, 0.15) is 0 Å². The molecule has 2 atom stereocenters. The number of carbonyl (C=O) groups is 1. The Morgan fingerprint density at radius 3 is 2.18 bits per heavy atom. The average molecular weight is 330 g/mol. The fraction of sp³-hybridized carbons (Fsp3) is 0.941. The van der Waals surface area contributed by atoms with Crippen LogP contribution in [0, 0.1) is 11.3 Å². The molecule has 5 heteroatoms. The van der Waals surface area contributed by atoms with E-state index in [1.165, 1.54) is 39.2 Å². The Morgan fingerprint density at radius 1 is 1.23 bits per heavy atom. The standard InChI is InChI=1S/C17H35NO3Si/c1-16(2,3)17(15(19)20-4,21-22(5)6)14(18)12-13-10-8-7-9-11-13/h13-14,22H,7-12,18H2,1-6H3/t14-,17+/m0/s1. The summed E-state index contributed by atoms with van der Waals surface area (Å²) in [6, 6.07) is -0.321. The Kier molecular flexibility index (Phi) is 7.08. The minimum Gasteiger partial charge on any atom is -0.467 e. The van der Waals surface area contributed by atoms with E-state index in [-0.39, 0.29) is 12.0 Å². The number of esters is 1. The van der Waals surface area contributed by atoms with Crippen LogP contribution in [0.3, 0.4) is 0 Å². The van der Waals surface area contributed by atoms with Gasteiger partial charge in [-0.25, -0.2) is 4.79 Å². The molecule has 0 radical (unpaired) electrons. The molecule has 1 aliphatic rings. The van der Waals surface area contributed by atoms with E-state index in [4.69, 9.17) is 14.9 Å². The maximum absolute atomic E-state index is 12.7. The van der Waals surface area contributed by atoms with Crippen LogP contribution in [0.1, 0.15) is 59.3 Å². The van der Waals surface area contributed by atoms with Crippen LogP contribution in [0.4, 0.5) is 0 Å². The molecule has 0 unspecified atom stereocenters. The predicted molar refractivity (Wildman–Crippen MR) is 93.3 cm³/mol. The number of ether oxygens (including phenoxy) is 1. The van der Waals surface area contributed by atoms with E-state index in [0.29, 0.717) is 5.92 Å². The summed E-state index contributed by atoms with van der Waals surface area (Å²) in [5.74, 6) is 0.289. The summed E-state index contributed by atoms with van der Waals surface area (Å²) in [5, 5.41) is 0. The second-order valence-corrected chi connectivity index (χ2v) is 10.3. The maximum atomic E-state index is 12.7. The van der Waals surface area contributed by atoms with Crippen LogP contribution in [-0.2, 0) is 14.0 Å². The average Bonchev–Trinajstić information content (AvgIpc) is 2.43. The predicted octanol–water partition coefficient (Wildman–Crippen LogP) is 3.24. The molecular formula is C17H35NO3Si. The van der Waals surface area contributed by atoms with Gasteiger partial charge in [0.05, 0.1) is 7.11 Å². The van der Waals surface area contributed by atoms with Crippen molar-refractivity contribution in [2.75, 3.05) is 7.11 Å². The van der Waals surface area contributed by atoms with Crippen molar-refractivity contribution < 1.29 is 14.0 Å². The second-order valence-electron chi connectivity index (χ2n) is 7.99. The lowest BCUT2D eigenvalue weighted by Crippen LogP contribution is -2.65. The SMILES string of the molecule is COC(=O)[C@](O[SiH](C)C)([C@@H](N)CC1CCCCC1)C(C)(C)C. The number of rotatable bonds is 6. The number of nitrogens with two attached hydrogens (primary N) is 1. The monoisotopic (exact) mass is 329 g/mol. The first-order valence-corrected chi connectivity index (χ1v) is 11.4. The summed E-state index contributed by atoms with van der Waals surface area (Å²) in [5.41, 5.74) is 5.15. The Morgan fingerprint density at radius 2 is 1.77 bits per heavy atom. The largest absolute Gasteiger partial charge is 0.467 e. The third kappa shape index (κ3) is 4.33. The molecule has 0 aromatic heterocycles. The quantitative estimate of drug-likeness (QED) is 0.600. The lowest BCUT2D eigenvalue weighted by atomic mass is 9.69. The Balaban J connectivity index is 3.07. The van der Waals surface area contributed by atoms with Crippen molar-refractivity contribution in [3.05, 3.63) is 0 Å². The van der Waals surface area contributed by atoms with Gasteiger partial charge in [-0.05, 0) is 25.4 Å². The summed E-state index contributed by atoms with van der Waals surface area (Å²) in [6.07, 6.45) is 7.15. The van der Waals surface area contributed by atoms with Crippen LogP contribution in [0.25, 0.3) is 0 Å². The molecule has 0 saturated heterocycles. The molecule has 0 spiro atoms. The number of carbonyl (C=O) groups excluding carboxylic acids is 1. The van der Waals surface area contributed by atoms with Crippen molar-refractivity contribution >= 4 is 15.0 Å². The highest BCUT2D eigenvalue weighted by molar-refractivity contribution is 6.48. The molecule has 1 aliphatic carbocycles. The fourth-order valence-electron chi connectivity index (χ4n) is 3.80. The Bertz CT molecular complexity index is 361. The zero-order valence-corrected chi connectivity index (χ0v) is 16.4. The van der Waals surface area contributed by atoms with Crippen LogP contribution < -0.4 is 5.73 Å². The lowest BCUT2D eigenvalue weighted by molar-refractivity contribution is -0.175. The molecule has 0 amide bonds. The normalized spacial score (nSPS) is 21.5. The topological polar surface area (TPSA) is 61.5 Å². The molecule has 4 nitrogen and oxygen atoms in total. The van der Waals surface area contributed by atoms with Gasteiger partial charge in [0.2, 0.25) is 0 Å². The van der Waals surface area contributed by atoms with Gasteiger partial charge in [-0.3, -0.25) is 0 Å². The van der Waals surface area contributed by atoms with Crippen molar-refractivity contribution in [1.82, 2.24) is 0 Å². The van der Waals surface area contributed by atoms with Crippen molar-refractivity contribution in [3.63, 3.8) is 0 Å². The summed E-state index contributed by atoms with van der Waals surface area (Å²) >= 11 is 0. The zero-order valence-electron chi connectivity index (χ0n) is 15.3. The molecule has 0 aromatic carbocycles. The molecular weight excluding hydrogens is 294 g/mol. The van der Waals surface area contributed by atoms with E-state index in [0.717, 1.165) is 6.42 Å². The molecule has 130 valence electrons. The van der Waals surface area contributed by atoms with Gasteiger partial charge in [0.25, 0.3) is 0 Å². The van der Waals surface area contributed by atoms with Crippen molar-refractivity contribution in [2.45, 2.75) is 84.0 Å². The highest BCUT2D eigenvalue weighted by Crippen LogP contribution is 2.41. The van der Waals surface area contributed by atoms with E-state index in [1.54, 1.807) is 0 Å². The summed E-state index contributed by atoms with van der Waals surface area (Å²) < 4.78 is 11.4. The fourth-order valence-corrected chi connectivity index (χ4v) is 5.17. The van der Waals surface area contributed by atoms with E-state index in [2.05, 4.69) is 13.1 Å². The third-order valence-electron chi connectivity index (χ3n) is 4.86. The first-order chi connectivity index (χ1) is 10.1. The highest BCUT2D eigenvalue weighted by atomic mass is 28.3. The van der Waals surface area contributed by atoms with E-state index < -0.39 is 20.1 Å². The van der Waals surface area contributed by atoms with Crippen molar-refractivity contribution in [1.29, 1.82) is 0 Å². The molecule has 1 rings (SSSR count). The van der Waals surface area contributed by atoms with Gasteiger partial charge in [0.15, 0.2) is 14.6 Å². The Hall–Kier alpha value is -0.393. The number of methoxy groups -OCH3 is 1. The smallest absolute Gasteiger partial charge is 0.339 e. The van der Waals surface area contributed by atoms with Gasteiger partial charge >= 0.3 is 5.97 Å². The third-order valence-corrected chi connectivity index (χ3v) is 5.70. The molecule has 1 saturated carbocycles. The van der Waals surface area contributed by atoms with E-state index in [9.17, 15) is 4.79 Å². The van der Waals surface area contributed by atoms with Gasteiger partial charge in [-0.1, -0.05) is 52.9 Å². The molecule has 0 heterocycles. The molecule has 0 bridgehead atoms. The molecule has 0 aliphatic heterocycles. The number of hydrogen-bond acceptors (Lipinski definition) is 4. The van der Waals surface area contributed by atoms with Gasteiger partial charge in [-0.15, -0.1) is 0 Å². The summed E-state index contributed by atoms with van der Waals surface area (Å²) in [7, 11) is -0.0268. The second kappa shape index (κ2) is 7.93. The van der Waals surface area contributed by atoms with E-state index in [1.807, 2.05) is 20.8 Å². The van der Waals surface area contributed by atoms with Crippen LogP contribution >= 0.6 is 0 Å². The minimum absolute atomic E-state index is 0.315. The molecule has 0 aromatic rings. The first-order valence-electron chi connectivity index (χ1n) is 8.67. The van der Waals surface area contributed by atoms with E-state index >= 15 is 0 Å². The molecule has 2 N–H and O–H groups in total. The number of hydrogen-bond donors (Lipinski definition) is 1. The van der Waals surface area contributed by atoms with Crippen LogP contribution in [0.5, 0.6) is 0 Å². The van der Waals surface area contributed by atoms with Gasteiger partial charge < -0.3 is 14.9 Å². The minimum atomic E-state index is -1.46. The van der Waals surface area contributed by atoms with Gasteiger partial charge in [-0.2, -0.15) is 0 Å². The van der Waals surface area contributed by atoms with Gasteiger partial charge in [0, 0.05) is 11.5 Å². The van der Waals surface area contributed by atoms with Crippen LogP contribution in [0.2, 0.25) is 13.1 Å². The van der Waals surface area contributed by atoms with Crippen molar-refractivity contribution in [2.24, 2.45) is 17.1 Å². The summed E-state index contributed by atoms with van der Waals surface area (Å²) in [4.78, 5) is 12.7. The maximum Gasteiger partial charge on any atom is 0.339 e. The highest BCUT2D eigenvalue weighted by Gasteiger charge is 2.55. The first kappa shape index (κ1) is 19.7. The summed E-state index contributed by atoms with van der Waals surface area (Å²) in [6.45, 7) is 10.2. The lowest BCUT2D eigenvalue weighted by Gasteiger charge is -2.48. The molecule has 22 heavy (non-hydrogen) atoms. The zero-order chi connectivity index (χ0) is 17.0.